The molecule has 5 heteroatoms. The zero-order valence-corrected chi connectivity index (χ0v) is 11.2. The van der Waals surface area contributed by atoms with Crippen molar-refractivity contribution in [2.24, 2.45) is 11.7 Å². The van der Waals surface area contributed by atoms with Crippen molar-refractivity contribution in [2.45, 2.75) is 18.5 Å². The first kappa shape index (κ1) is 12.1. The van der Waals surface area contributed by atoms with Gasteiger partial charge in [-0.25, -0.2) is 0 Å². The Morgan fingerprint density at radius 2 is 1.75 bits per heavy atom. The molecule has 20 heavy (non-hydrogen) atoms. The van der Waals surface area contributed by atoms with Crippen LogP contribution in [0.2, 0.25) is 0 Å². The molecule has 0 radical (unpaired) electrons. The fourth-order valence-electron chi connectivity index (χ4n) is 3.70. The van der Waals surface area contributed by atoms with Crippen molar-refractivity contribution in [1.29, 1.82) is 0 Å². The highest BCUT2D eigenvalue weighted by Crippen LogP contribution is 2.39. The van der Waals surface area contributed by atoms with Crippen molar-refractivity contribution in [1.82, 2.24) is 9.80 Å². The van der Waals surface area contributed by atoms with Gasteiger partial charge in [-0.2, -0.15) is 0 Å². The second kappa shape index (κ2) is 4.14. The minimum atomic E-state index is -0.165. The Morgan fingerprint density at radius 1 is 1.10 bits per heavy atom. The Morgan fingerprint density at radius 3 is 2.25 bits per heavy atom. The summed E-state index contributed by atoms with van der Waals surface area (Å²) in [6, 6.07) is 7.77. The highest BCUT2D eigenvalue weighted by Gasteiger charge is 2.49. The molecule has 1 aromatic rings. The maximum atomic E-state index is 12.2. The number of hydrogen-bond donors (Lipinski definition) is 1. The minimum absolute atomic E-state index is 0.165. The number of amides is 2. The van der Waals surface area contributed by atoms with E-state index in [0.717, 1.165) is 13.1 Å². The van der Waals surface area contributed by atoms with Gasteiger partial charge in [0.05, 0.1) is 11.1 Å². The summed E-state index contributed by atoms with van der Waals surface area (Å²) in [6.07, 6.45) is 1.17. The summed E-state index contributed by atoms with van der Waals surface area (Å²) in [7, 11) is 0. The van der Waals surface area contributed by atoms with Crippen LogP contribution in [-0.2, 0) is 0 Å². The third-order valence-electron chi connectivity index (χ3n) is 4.96. The van der Waals surface area contributed by atoms with Crippen LogP contribution in [0.1, 0.15) is 27.1 Å². The molecule has 0 aromatic heterocycles. The Balaban J connectivity index is 1.46. The monoisotopic (exact) mass is 271 g/mol. The number of imide groups is 1. The van der Waals surface area contributed by atoms with Crippen LogP contribution in [-0.4, -0.2) is 53.3 Å². The fraction of sp³-hybridized carbons (Fsp3) is 0.467. The van der Waals surface area contributed by atoms with Gasteiger partial charge in [0.25, 0.3) is 11.8 Å². The number of fused-ring (bicyclic) bond motifs is 2. The molecule has 3 heterocycles. The van der Waals surface area contributed by atoms with Gasteiger partial charge in [-0.1, -0.05) is 12.1 Å². The molecule has 2 amide bonds. The SMILES string of the molecule is NC1C2CC1N(CCN1C(=O)c3ccccc3C1=O)C2. The van der Waals surface area contributed by atoms with Gasteiger partial charge in [-0.3, -0.25) is 19.4 Å². The van der Waals surface area contributed by atoms with E-state index in [-0.39, 0.29) is 17.9 Å². The molecule has 2 N–H and O–H groups in total. The molecule has 5 nitrogen and oxygen atoms in total. The Kier molecular flexibility index (Phi) is 2.49. The van der Waals surface area contributed by atoms with E-state index in [1.807, 2.05) is 0 Å². The first-order chi connectivity index (χ1) is 9.66. The number of carbonyl (C=O) groups is 2. The van der Waals surface area contributed by atoms with Gasteiger partial charge in [-0.15, -0.1) is 0 Å². The van der Waals surface area contributed by atoms with Gasteiger partial charge in [-0.05, 0) is 24.5 Å². The average molecular weight is 271 g/mol. The summed E-state index contributed by atoms with van der Waals surface area (Å²) >= 11 is 0. The maximum absolute atomic E-state index is 12.2. The number of benzene rings is 1. The summed E-state index contributed by atoms with van der Waals surface area (Å²) in [4.78, 5) is 28.1. The topological polar surface area (TPSA) is 66.6 Å². The van der Waals surface area contributed by atoms with E-state index in [9.17, 15) is 9.59 Å². The minimum Gasteiger partial charge on any atom is -0.326 e. The van der Waals surface area contributed by atoms with Crippen LogP contribution in [0.15, 0.2) is 24.3 Å². The zero-order chi connectivity index (χ0) is 13.9. The van der Waals surface area contributed by atoms with Gasteiger partial charge in [0, 0.05) is 31.7 Å². The predicted molar refractivity (Wildman–Crippen MR) is 73.3 cm³/mol. The third-order valence-corrected chi connectivity index (χ3v) is 4.96. The van der Waals surface area contributed by atoms with Gasteiger partial charge in [0.2, 0.25) is 0 Å². The maximum Gasteiger partial charge on any atom is 0.261 e. The van der Waals surface area contributed by atoms with E-state index in [1.54, 1.807) is 24.3 Å². The zero-order valence-electron chi connectivity index (χ0n) is 11.2. The van der Waals surface area contributed by atoms with E-state index in [4.69, 9.17) is 5.73 Å². The summed E-state index contributed by atoms with van der Waals surface area (Å²) in [5.74, 6) is 0.282. The van der Waals surface area contributed by atoms with Crippen molar-refractivity contribution < 1.29 is 9.59 Å². The van der Waals surface area contributed by atoms with Crippen LogP contribution in [0, 0.1) is 5.92 Å². The molecule has 0 spiro atoms. The smallest absolute Gasteiger partial charge is 0.261 e. The van der Waals surface area contributed by atoms with E-state index >= 15 is 0 Å². The summed E-state index contributed by atoms with van der Waals surface area (Å²) in [6.45, 7) is 2.21. The van der Waals surface area contributed by atoms with Gasteiger partial charge < -0.3 is 5.73 Å². The quantitative estimate of drug-likeness (QED) is 0.804. The van der Waals surface area contributed by atoms with Crippen molar-refractivity contribution in [2.75, 3.05) is 19.6 Å². The van der Waals surface area contributed by atoms with Crippen LogP contribution < -0.4 is 5.73 Å². The number of rotatable bonds is 3. The van der Waals surface area contributed by atoms with Gasteiger partial charge in [0.15, 0.2) is 0 Å². The largest absolute Gasteiger partial charge is 0.326 e. The first-order valence-corrected chi connectivity index (χ1v) is 7.11. The van der Waals surface area contributed by atoms with Crippen LogP contribution in [0.25, 0.3) is 0 Å². The van der Waals surface area contributed by atoms with Crippen LogP contribution in [0.4, 0.5) is 0 Å². The Hall–Kier alpha value is -1.72. The molecule has 104 valence electrons. The summed E-state index contributed by atoms with van der Waals surface area (Å²) < 4.78 is 0. The number of nitrogens with two attached hydrogens (primary N) is 1. The molecule has 1 aromatic carbocycles. The molecule has 3 atom stereocenters. The van der Waals surface area contributed by atoms with E-state index in [2.05, 4.69) is 4.90 Å². The molecule has 1 saturated carbocycles. The molecule has 3 aliphatic heterocycles. The van der Waals surface area contributed by atoms with Crippen molar-refractivity contribution >= 4 is 11.8 Å². The fourth-order valence-corrected chi connectivity index (χ4v) is 3.70. The summed E-state index contributed by atoms with van der Waals surface area (Å²) in [5.41, 5.74) is 7.09. The molecular weight excluding hydrogens is 254 g/mol. The van der Waals surface area contributed by atoms with Crippen LogP contribution in [0.5, 0.6) is 0 Å². The summed E-state index contributed by atoms with van der Waals surface area (Å²) in [5, 5.41) is 0. The van der Waals surface area contributed by atoms with Gasteiger partial charge >= 0.3 is 0 Å². The lowest BCUT2D eigenvalue weighted by molar-refractivity contribution is 0.0633. The predicted octanol–water partition coefficient (Wildman–Crippen LogP) is 0.314. The van der Waals surface area contributed by atoms with Crippen LogP contribution in [0.3, 0.4) is 0 Å². The Labute approximate surface area is 117 Å². The molecule has 3 unspecified atom stereocenters. The molecule has 2 bridgehead atoms. The lowest BCUT2D eigenvalue weighted by Gasteiger charge is -2.34. The van der Waals surface area contributed by atoms with Crippen molar-refractivity contribution in [3.05, 3.63) is 35.4 Å². The van der Waals surface area contributed by atoms with E-state index in [1.165, 1.54) is 11.3 Å². The number of nitrogens with zero attached hydrogens (tertiary/aromatic N) is 2. The lowest BCUT2D eigenvalue weighted by Crippen LogP contribution is -2.50. The van der Waals surface area contributed by atoms with Crippen molar-refractivity contribution in [3.63, 3.8) is 0 Å². The molecule has 3 fully saturated rings. The molecule has 2 saturated heterocycles. The standard InChI is InChI=1S/C15H17N3O2/c16-13-9-7-12(13)17(8-9)5-6-18-14(19)10-3-1-2-4-11(10)15(18)20/h1-4,9,12-13H,5-8,16H2. The number of carbonyl (C=O) groups excluding carboxylic acids is 2. The molecule has 5 rings (SSSR count). The second-order valence-corrected chi connectivity index (χ2v) is 5.94. The Bertz CT molecular complexity index is 566. The third kappa shape index (κ3) is 1.50. The molecule has 1 aliphatic carbocycles. The highest BCUT2D eigenvalue weighted by atomic mass is 16.2. The van der Waals surface area contributed by atoms with E-state index in [0.29, 0.717) is 29.6 Å². The van der Waals surface area contributed by atoms with Crippen molar-refractivity contribution in [3.8, 4) is 0 Å². The molecular formula is C15H17N3O2. The lowest BCUT2D eigenvalue weighted by atomic mass is 9.81. The second-order valence-electron chi connectivity index (χ2n) is 5.94. The normalized spacial score (nSPS) is 31.6. The molecule has 4 aliphatic rings. The number of hydrogen-bond acceptors (Lipinski definition) is 4. The van der Waals surface area contributed by atoms with E-state index < -0.39 is 0 Å². The van der Waals surface area contributed by atoms with Gasteiger partial charge in [0.1, 0.15) is 0 Å². The first-order valence-electron chi connectivity index (χ1n) is 7.11. The highest BCUT2D eigenvalue weighted by molar-refractivity contribution is 6.21. The van der Waals surface area contributed by atoms with Crippen LogP contribution >= 0.6 is 0 Å². The average Bonchev–Trinajstić information content (AvgIpc) is 3.09.